The average Bonchev–Trinajstić information content (AvgIpc) is 2.74. The summed E-state index contributed by atoms with van der Waals surface area (Å²) in [5, 5.41) is 9.27. The first-order chi connectivity index (χ1) is 8.58. The Morgan fingerprint density at radius 1 is 1.39 bits per heavy atom. The van der Waals surface area contributed by atoms with Crippen molar-refractivity contribution in [1.29, 1.82) is 5.26 Å². The number of anilines is 1. The van der Waals surface area contributed by atoms with Crippen LogP contribution in [0.1, 0.15) is 29.5 Å². The molecule has 0 saturated carbocycles. The Morgan fingerprint density at radius 3 is 2.61 bits per heavy atom. The maximum Gasteiger partial charge on any atom is 0.142 e. The van der Waals surface area contributed by atoms with Gasteiger partial charge in [0.05, 0.1) is 0 Å². The molecule has 0 atom stereocenters. The summed E-state index contributed by atoms with van der Waals surface area (Å²) in [5.41, 5.74) is 8.85. The Hall–Kier alpha value is -2.28. The van der Waals surface area contributed by atoms with Gasteiger partial charge >= 0.3 is 0 Å². The molecule has 2 aromatic heterocycles. The molecule has 2 heterocycles. The molecule has 0 amide bonds. The quantitative estimate of drug-likeness (QED) is 0.876. The van der Waals surface area contributed by atoms with Gasteiger partial charge in [-0.1, -0.05) is 6.92 Å². The molecule has 0 saturated heterocycles. The van der Waals surface area contributed by atoms with Crippen molar-refractivity contribution < 1.29 is 4.42 Å². The minimum absolute atomic E-state index is 0.260. The van der Waals surface area contributed by atoms with Crippen molar-refractivity contribution in [3.8, 4) is 17.4 Å². The third-order valence-electron chi connectivity index (χ3n) is 2.98. The highest BCUT2D eigenvalue weighted by Gasteiger charge is 2.19. The summed E-state index contributed by atoms with van der Waals surface area (Å²) < 4.78 is 5.63. The van der Waals surface area contributed by atoms with Crippen molar-refractivity contribution in [1.82, 2.24) is 4.98 Å². The maximum absolute atomic E-state index is 9.27. The summed E-state index contributed by atoms with van der Waals surface area (Å²) in [4.78, 5) is 4.22. The molecule has 2 N–H and O–H groups in total. The zero-order valence-electron chi connectivity index (χ0n) is 10.7. The Balaban J connectivity index is 2.82. The van der Waals surface area contributed by atoms with E-state index < -0.39 is 0 Å². The van der Waals surface area contributed by atoms with Crippen LogP contribution in [0.25, 0.3) is 11.3 Å². The predicted octanol–water partition coefficient (Wildman–Crippen LogP) is 2.97. The van der Waals surface area contributed by atoms with Crippen LogP contribution in [0.4, 0.5) is 5.82 Å². The Labute approximate surface area is 106 Å². The van der Waals surface area contributed by atoms with Crippen molar-refractivity contribution in [2.24, 2.45) is 0 Å². The fourth-order valence-electron chi connectivity index (χ4n) is 2.15. The number of aromatic nitrogens is 1. The van der Waals surface area contributed by atoms with E-state index in [4.69, 9.17) is 10.2 Å². The second-order valence-electron chi connectivity index (χ2n) is 4.19. The van der Waals surface area contributed by atoms with Crippen molar-refractivity contribution in [3.05, 3.63) is 34.7 Å². The molecule has 0 aliphatic heterocycles. The summed E-state index contributed by atoms with van der Waals surface area (Å²) in [6.07, 6.45) is 0.781. The molecule has 0 fully saturated rings. The van der Waals surface area contributed by atoms with Gasteiger partial charge in [0.2, 0.25) is 0 Å². The van der Waals surface area contributed by atoms with Gasteiger partial charge in [0.25, 0.3) is 0 Å². The van der Waals surface area contributed by atoms with Gasteiger partial charge in [-0.3, -0.25) is 0 Å². The zero-order valence-corrected chi connectivity index (χ0v) is 10.7. The maximum atomic E-state index is 9.27. The molecule has 0 spiro atoms. The third kappa shape index (κ3) is 1.84. The first kappa shape index (κ1) is 12.2. The van der Waals surface area contributed by atoms with Crippen LogP contribution in [0.5, 0.6) is 0 Å². The van der Waals surface area contributed by atoms with Crippen molar-refractivity contribution in [2.75, 3.05) is 5.73 Å². The second kappa shape index (κ2) is 4.53. The Kier molecular flexibility index (Phi) is 3.07. The van der Waals surface area contributed by atoms with Crippen LogP contribution >= 0.6 is 0 Å². The molecule has 0 aliphatic rings. The summed E-state index contributed by atoms with van der Waals surface area (Å²) in [6, 6.07) is 5.87. The number of nitrogen functional groups attached to an aromatic ring is 1. The van der Waals surface area contributed by atoms with Crippen molar-refractivity contribution >= 4 is 5.82 Å². The molecule has 0 unspecified atom stereocenters. The number of nitrogens with zero attached hydrogens (tertiary/aromatic N) is 2. The van der Waals surface area contributed by atoms with Crippen LogP contribution in [0.2, 0.25) is 0 Å². The molecular formula is C14H15N3O. The highest BCUT2D eigenvalue weighted by Crippen LogP contribution is 2.33. The largest absolute Gasteiger partial charge is 0.461 e. The Bertz CT molecular complexity index is 635. The van der Waals surface area contributed by atoms with Gasteiger partial charge in [0, 0.05) is 11.3 Å². The molecule has 0 bridgehead atoms. The van der Waals surface area contributed by atoms with Crippen LogP contribution < -0.4 is 5.73 Å². The van der Waals surface area contributed by atoms with E-state index in [-0.39, 0.29) is 5.82 Å². The van der Waals surface area contributed by atoms with Crippen molar-refractivity contribution in [3.63, 3.8) is 0 Å². The number of pyridine rings is 1. The molecule has 92 valence electrons. The molecule has 0 aliphatic carbocycles. The lowest BCUT2D eigenvalue weighted by molar-refractivity contribution is 0.547. The van der Waals surface area contributed by atoms with Crippen LogP contribution in [-0.2, 0) is 6.42 Å². The van der Waals surface area contributed by atoms with Gasteiger partial charge < -0.3 is 10.2 Å². The van der Waals surface area contributed by atoms with Crippen LogP contribution in [-0.4, -0.2) is 4.98 Å². The predicted molar refractivity (Wildman–Crippen MR) is 69.9 cm³/mol. The lowest BCUT2D eigenvalue weighted by Gasteiger charge is -2.12. The monoisotopic (exact) mass is 241 g/mol. The van der Waals surface area contributed by atoms with Crippen LogP contribution in [0.3, 0.4) is 0 Å². The van der Waals surface area contributed by atoms with E-state index >= 15 is 0 Å². The molecule has 4 nitrogen and oxygen atoms in total. The third-order valence-corrected chi connectivity index (χ3v) is 2.98. The second-order valence-corrected chi connectivity index (χ2v) is 4.19. The molecule has 18 heavy (non-hydrogen) atoms. The van der Waals surface area contributed by atoms with Crippen molar-refractivity contribution in [2.45, 2.75) is 27.2 Å². The SMILES string of the molecule is CCc1c(C)nc(N)c(C#N)c1-c1ccc(C)o1. The van der Waals surface area contributed by atoms with Gasteiger partial charge in [0.15, 0.2) is 0 Å². The first-order valence-corrected chi connectivity index (χ1v) is 5.84. The Morgan fingerprint density at radius 2 is 2.11 bits per heavy atom. The molecule has 2 rings (SSSR count). The van der Waals surface area contributed by atoms with Gasteiger partial charge in [0.1, 0.15) is 29.0 Å². The summed E-state index contributed by atoms with van der Waals surface area (Å²) >= 11 is 0. The standard InChI is InChI=1S/C14H15N3O/c1-4-10-9(3)17-14(16)11(7-15)13(10)12-6-5-8(2)18-12/h5-6H,4H2,1-3H3,(H2,16,17). The number of nitrogens with two attached hydrogens (primary N) is 1. The van der Waals surface area contributed by atoms with E-state index in [2.05, 4.69) is 11.1 Å². The molecule has 2 aromatic rings. The number of nitriles is 1. The molecule has 0 radical (unpaired) electrons. The number of aryl methyl sites for hydroxylation is 2. The van der Waals surface area contributed by atoms with E-state index in [9.17, 15) is 5.26 Å². The average molecular weight is 241 g/mol. The van der Waals surface area contributed by atoms with Crippen LogP contribution in [0, 0.1) is 25.2 Å². The number of furan rings is 1. The highest BCUT2D eigenvalue weighted by atomic mass is 16.3. The molecule has 4 heteroatoms. The molecular weight excluding hydrogens is 226 g/mol. The minimum atomic E-state index is 0.260. The fraction of sp³-hybridized carbons (Fsp3) is 0.286. The van der Waals surface area contributed by atoms with E-state index in [1.807, 2.05) is 32.9 Å². The summed E-state index contributed by atoms with van der Waals surface area (Å²) in [7, 11) is 0. The number of hydrogen-bond donors (Lipinski definition) is 1. The summed E-state index contributed by atoms with van der Waals surface area (Å²) in [6.45, 7) is 5.80. The normalized spacial score (nSPS) is 10.3. The zero-order chi connectivity index (χ0) is 13.3. The highest BCUT2D eigenvalue weighted by molar-refractivity contribution is 5.76. The minimum Gasteiger partial charge on any atom is -0.461 e. The van der Waals surface area contributed by atoms with E-state index in [0.717, 1.165) is 29.0 Å². The van der Waals surface area contributed by atoms with E-state index in [1.165, 1.54) is 0 Å². The lowest BCUT2D eigenvalue weighted by Crippen LogP contribution is -2.04. The van der Waals surface area contributed by atoms with Gasteiger partial charge in [-0.2, -0.15) is 5.26 Å². The van der Waals surface area contributed by atoms with E-state index in [1.54, 1.807) is 0 Å². The smallest absolute Gasteiger partial charge is 0.142 e. The van der Waals surface area contributed by atoms with E-state index in [0.29, 0.717) is 11.3 Å². The van der Waals surface area contributed by atoms with Gasteiger partial charge in [-0.15, -0.1) is 0 Å². The lowest BCUT2D eigenvalue weighted by atomic mass is 9.97. The number of rotatable bonds is 2. The first-order valence-electron chi connectivity index (χ1n) is 5.84. The van der Waals surface area contributed by atoms with Gasteiger partial charge in [-0.25, -0.2) is 4.98 Å². The number of hydrogen-bond acceptors (Lipinski definition) is 4. The van der Waals surface area contributed by atoms with Gasteiger partial charge in [-0.05, 0) is 38.0 Å². The topological polar surface area (TPSA) is 75.8 Å². The van der Waals surface area contributed by atoms with Crippen LogP contribution in [0.15, 0.2) is 16.5 Å². The fourth-order valence-corrected chi connectivity index (χ4v) is 2.15. The molecule has 0 aromatic carbocycles. The summed E-state index contributed by atoms with van der Waals surface area (Å²) in [5.74, 6) is 1.75.